The molecule has 1 N–H and O–H groups in total. The predicted molar refractivity (Wildman–Crippen MR) is 88.6 cm³/mol. The second-order valence-corrected chi connectivity index (χ2v) is 5.33. The number of carboxylic acids is 1. The third-order valence-corrected chi connectivity index (χ3v) is 3.74. The van der Waals surface area contributed by atoms with E-state index in [1.165, 1.54) is 0 Å². The topological polar surface area (TPSA) is 63.6 Å². The number of aliphatic carboxylic acids is 1. The van der Waals surface area contributed by atoms with E-state index < -0.39 is 11.9 Å². The molecule has 0 aliphatic heterocycles. The van der Waals surface area contributed by atoms with Crippen LogP contribution >= 0.6 is 0 Å². The molecule has 0 heterocycles. The van der Waals surface area contributed by atoms with Gasteiger partial charge in [-0.2, -0.15) is 0 Å². The van der Waals surface area contributed by atoms with E-state index >= 15 is 0 Å². The number of carbonyl (C=O) groups is 2. The Morgan fingerprint density at radius 3 is 2.04 bits per heavy atom. The standard InChI is InChI=1S/C19H16O4/c20-17(21)10-5-11-23-19(22)18-15-8-3-1-6-13(15)12-14-7-2-4-9-16(14)18/h1-4,6-9,12H,5,10-11H2,(H,20,21). The molecule has 0 saturated heterocycles. The van der Waals surface area contributed by atoms with Crippen LogP contribution in [0.25, 0.3) is 21.5 Å². The van der Waals surface area contributed by atoms with Crippen molar-refractivity contribution in [3.05, 3.63) is 60.2 Å². The molecule has 0 unspecified atom stereocenters. The lowest BCUT2D eigenvalue weighted by Gasteiger charge is -2.11. The van der Waals surface area contributed by atoms with Crippen LogP contribution in [0.3, 0.4) is 0 Å². The Balaban J connectivity index is 1.99. The van der Waals surface area contributed by atoms with E-state index in [1.807, 2.05) is 54.6 Å². The van der Waals surface area contributed by atoms with Crippen LogP contribution in [-0.4, -0.2) is 23.7 Å². The fourth-order valence-electron chi connectivity index (χ4n) is 2.69. The van der Waals surface area contributed by atoms with Crippen LogP contribution < -0.4 is 0 Å². The maximum absolute atomic E-state index is 12.5. The Hall–Kier alpha value is -2.88. The third-order valence-electron chi connectivity index (χ3n) is 3.74. The SMILES string of the molecule is O=C(O)CCCOC(=O)c1c2ccccc2cc2ccccc12. The lowest BCUT2D eigenvalue weighted by Crippen LogP contribution is -2.09. The normalized spacial score (nSPS) is 10.8. The largest absolute Gasteiger partial charge is 0.481 e. The fraction of sp³-hybridized carbons (Fsp3) is 0.158. The molecule has 0 aromatic heterocycles. The lowest BCUT2D eigenvalue weighted by molar-refractivity contribution is -0.137. The molecular weight excluding hydrogens is 292 g/mol. The summed E-state index contributed by atoms with van der Waals surface area (Å²) in [4.78, 5) is 23.1. The van der Waals surface area contributed by atoms with Crippen molar-refractivity contribution >= 4 is 33.5 Å². The lowest BCUT2D eigenvalue weighted by atomic mass is 9.97. The smallest absolute Gasteiger partial charge is 0.339 e. The van der Waals surface area contributed by atoms with Crippen molar-refractivity contribution in [2.45, 2.75) is 12.8 Å². The van der Waals surface area contributed by atoms with E-state index in [0.717, 1.165) is 21.5 Å². The molecule has 0 spiro atoms. The van der Waals surface area contributed by atoms with Crippen molar-refractivity contribution in [3.8, 4) is 0 Å². The highest BCUT2D eigenvalue weighted by Gasteiger charge is 2.16. The first-order valence-electron chi connectivity index (χ1n) is 7.46. The first kappa shape index (κ1) is 15.0. The van der Waals surface area contributed by atoms with Gasteiger partial charge in [-0.3, -0.25) is 4.79 Å². The maximum Gasteiger partial charge on any atom is 0.339 e. The van der Waals surface area contributed by atoms with E-state index in [1.54, 1.807) is 0 Å². The predicted octanol–water partition coefficient (Wildman–Crippen LogP) is 4.01. The van der Waals surface area contributed by atoms with Gasteiger partial charge in [0.25, 0.3) is 0 Å². The van der Waals surface area contributed by atoms with Gasteiger partial charge in [0.2, 0.25) is 0 Å². The summed E-state index contributed by atoms with van der Waals surface area (Å²) in [5, 5.41) is 12.3. The van der Waals surface area contributed by atoms with Gasteiger partial charge < -0.3 is 9.84 Å². The van der Waals surface area contributed by atoms with Crippen LogP contribution in [-0.2, 0) is 9.53 Å². The van der Waals surface area contributed by atoms with Crippen molar-refractivity contribution in [2.75, 3.05) is 6.61 Å². The molecule has 3 rings (SSSR count). The number of fused-ring (bicyclic) bond motifs is 2. The van der Waals surface area contributed by atoms with Gasteiger partial charge in [-0.15, -0.1) is 0 Å². The summed E-state index contributed by atoms with van der Waals surface area (Å²) in [7, 11) is 0. The number of hydrogen-bond donors (Lipinski definition) is 1. The van der Waals surface area contributed by atoms with Crippen molar-refractivity contribution in [2.24, 2.45) is 0 Å². The zero-order valence-corrected chi connectivity index (χ0v) is 12.5. The maximum atomic E-state index is 12.5. The molecule has 0 fully saturated rings. The summed E-state index contributed by atoms with van der Waals surface area (Å²) in [5.74, 6) is -1.31. The molecule has 0 amide bonds. The Morgan fingerprint density at radius 2 is 1.48 bits per heavy atom. The van der Waals surface area contributed by atoms with E-state index in [-0.39, 0.29) is 13.0 Å². The summed E-state index contributed by atoms with van der Waals surface area (Å²) in [6, 6.07) is 17.4. The van der Waals surface area contributed by atoms with Gasteiger partial charge in [-0.1, -0.05) is 48.5 Å². The minimum atomic E-state index is -0.892. The second-order valence-electron chi connectivity index (χ2n) is 5.33. The molecule has 4 nitrogen and oxygen atoms in total. The molecular formula is C19H16O4. The van der Waals surface area contributed by atoms with E-state index in [4.69, 9.17) is 9.84 Å². The minimum Gasteiger partial charge on any atom is -0.481 e. The van der Waals surface area contributed by atoms with E-state index in [0.29, 0.717) is 12.0 Å². The number of carbonyl (C=O) groups excluding carboxylic acids is 1. The van der Waals surface area contributed by atoms with Gasteiger partial charge >= 0.3 is 11.9 Å². The number of rotatable bonds is 5. The molecule has 116 valence electrons. The van der Waals surface area contributed by atoms with Gasteiger partial charge in [-0.05, 0) is 34.0 Å². The number of ether oxygens (including phenoxy) is 1. The van der Waals surface area contributed by atoms with Gasteiger partial charge in [-0.25, -0.2) is 4.79 Å². The van der Waals surface area contributed by atoms with Crippen molar-refractivity contribution in [3.63, 3.8) is 0 Å². The van der Waals surface area contributed by atoms with Gasteiger partial charge in [0.15, 0.2) is 0 Å². The third kappa shape index (κ3) is 3.16. The first-order chi connectivity index (χ1) is 11.2. The van der Waals surface area contributed by atoms with Crippen LogP contribution in [0.1, 0.15) is 23.2 Å². The Morgan fingerprint density at radius 1 is 0.913 bits per heavy atom. The molecule has 0 aliphatic carbocycles. The summed E-state index contributed by atoms with van der Waals surface area (Å²) >= 11 is 0. The monoisotopic (exact) mass is 308 g/mol. The van der Waals surface area contributed by atoms with Gasteiger partial charge in [0, 0.05) is 6.42 Å². The first-order valence-corrected chi connectivity index (χ1v) is 7.46. The average Bonchev–Trinajstić information content (AvgIpc) is 2.56. The Labute approximate surface area is 133 Å². The average molecular weight is 308 g/mol. The molecule has 0 radical (unpaired) electrons. The zero-order chi connectivity index (χ0) is 16.2. The molecule has 0 saturated carbocycles. The highest BCUT2D eigenvalue weighted by Crippen LogP contribution is 2.29. The molecule has 4 heteroatoms. The summed E-state index contributed by atoms with van der Waals surface area (Å²) in [6.07, 6.45) is 0.299. The Kier molecular flexibility index (Phi) is 4.24. The van der Waals surface area contributed by atoms with Crippen LogP contribution in [0.4, 0.5) is 0 Å². The van der Waals surface area contributed by atoms with Crippen LogP contribution in [0.15, 0.2) is 54.6 Å². The van der Waals surface area contributed by atoms with E-state index in [2.05, 4.69) is 0 Å². The highest BCUT2D eigenvalue weighted by atomic mass is 16.5. The molecule has 0 atom stereocenters. The summed E-state index contributed by atoms with van der Waals surface area (Å²) in [6.45, 7) is 0.0999. The van der Waals surface area contributed by atoms with E-state index in [9.17, 15) is 9.59 Å². The van der Waals surface area contributed by atoms with Gasteiger partial charge in [0.05, 0.1) is 12.2 Å². The minimum absolute atomic E-state index is 0.0104. The molecule has 23 heavy (non-hydrogen) atoms. The van der Waals surface area contributed by atoms with Crippen molar-refractivity contribution in [1.82, 2.24) is 0 Å². The molecule has 3 aromatic rings. The fourth-order valence-corrected chi connectivity index (χ4v) is 2.69. The summed E-state index contributed by atoms with van der Waals surface area (Å²) in [5.41, 5.74) is 0.536. The highest BCUT2D eigenvalue weighted by molar-refractivity contribution is 6.16. The molecule has 0 aliphatic rings. The number of benzene rings is 3. The number of carboxylic acid groups (broad SMARTS) is 1. The number of esters is 1. The van der Waals surface area contributed by atoms with Gasteiger partial charge in [0.1, 0.15) is 0 Å². The van der Waals surface area contributed by atoms with Crippen LogP contribution in [0, 0.1) is 0 Å². The summed E-state index contributed by atoms with van der Waals surface area (Å²) < 4.78 is 5.29. The van der Waals surface area contributed by atoms with Crippen LogP contribution in [0.5, 0.6) is 0 Å². The Bertz CT molecular complexity index is 829. The quantitative estimate of drug-likeness (QED) is 0.439. The van der Waals surface area contributed by atoms with Crippen molar-refractivity contribution in [1.29, 1.82) is 0 Å². The van der Waals surface area contributed by atoms with Crippen LogP contribution in [0.2, 0.25) is 0 Å². The molecule has 3 aromatic carbocycles. The zero-order valence-electron chi connectivity index (χ0n) is 12.5. The molecule has 0 bridgehead atoms. The second kappa shape index (κ2) is 6.48. The number of hydrogen-bond acceptors (Lipinski definition) is 3. The van der Waals surface area contributed by atoms with Crippen molar-refractivity contribution < 1.29 is 19.4 Å².